The zero-order valence-corrected chi connectivity index (χ0v) is 16.9. The summed E-state index contributed by atoms with van der Waals surface area (Å²) < 4.78 is 75.1. The zero-order chi connectivity index (χ0) is 20.7. The highest BCUT2D eigenvalue weighted by Crippen LogP contribution is 2.24. The van der Waals surface area contributed by atoms with Crippen molar-refractivity contribution < 1.29 is 31.1 Å². The van der Waals surface area contributed by atoms with E-state index in [9.17, 15) is 21.6 Å². The van der Waals surface area contributed by atoms with Crippen molar-refractivity contribution in [1.82, 2.24) is 4.72 Å². The van der Waals surface area contributed by atoms with E-state index in [0.29, 0.717) is 25.2 Å². The number of benzene rings is 1. The first-order valence-corrected chi connectivity index (χ1v) is 10.3. The molecule has 0 aliphatic carbocycles. The molecule has 27 heavy (non-hydrogen) atoms. The van der Waals surface area contributed by atoms with E-state index in [4.69, 9.17) is 9.47 Å². The Morgan fingerprint density at radius 1 is 1.22 bits per heavy atom. The molecule has 0 saturated carbocycles. The van der Waals surface area contributed by atoms with Crippen LogP contribution in [0.1, 0.15) is 45.7 Å². The molecule has 1 atom stereocenters. The molecule has 0 aliphatic heterocycles. The summed E-state index contributed by atoms with van der Waals surface area (Å²) >= 11 is 0. The van der Waals surface area contributed by atoms with Crippen LogP contribution in [0.3, 0.4) is 0 Å². The van der Waals surface area contributed by atoms with Crippen molar-refractivity contribution in [2.45, 2.75) is 46.6 Å². The van der Waals surface area contributed by atoms with Crippen LogP contribution in [0.5, 0.6) is 5.75 Å². The molecule has 1 N–H and O–H groups in total. The van der Waals surface area contributed by atoms with E-state index in [1.165, 1.54) is 12.1 Å². The van der Waals surface area contributed by atoms with Gasteiger partial charge in [-0.05, 0) is 36.5 Å². The molecule has 1 aromatic rings. The van der Waals surface area contributed by atoms with E-state index in [1.54, 1.807) is 6.92 Å². The average Bonchev–Trinajstić information content (AvgIpc) is 2.51. The molecule has 0 fully saturated rings. The minimum atomic E-state index is -3.58. The molecule has 0 unspecified atom stereocenters. The van der Waals surface area contributed by atoms with Crippen molar-refractivity contribution in [3.8, 4) is 5.75 Å². The number of ether oxygens (including phenoxy) is 2. The van der Waals surface area contributed by atoms with Gasteiger partial charge in [0.2, 0.25) is 10.0 Å². The summed E-state index contributed by atoms with van der Waals surface area (Å²) in [5.41, 5.74) is 0.423. The van der Waals surface area contributed by atoms with Gasteiger partial charge in [-0.2, -0.15) is 0 Å². The Kier molecular flexibility index (Phi) is 9.04. The van der Waals surface area contributed by atoms with Crippen LogP contribution in [0.2, 0.25) is 0 Å². The van der Waals surface area contributed by atoms with E-state index in [0.717, 1.165) is 6.07 Å². The quantitative estimate of drug-likeness (QED) is 0.561. The zero-order valence-electron chi connectivity index (χ0n) is 16.1. The number of halogens is 3. The molecule has 0 amide bonds. The van der Waals surface area contributed by atoms with Crippen LogP contribution < -0.4 is 9.46 Å². The molecule has 1 aromatic carbocycles. The Hall–Kier alpha value is -1.32. The van der Waals surface area contributed by atoms with Gasteiger partial charge in [-0.25, -0.2) is 26.3 Å². The van der Waals surface area contributed by atoms with E-state index in [1.807, 2.05) is 20.8 Å². The van der Waals surface area contributed by atoms with Gasteiger partial charge in [0, 0.05) is 12.6 Å². The lowest BCUT2D eigenvalue weighted by atomic mass is 9.99. The molecule has 0 saturated heterocycles. The fraction of sp³-hybridized carbons (Fsp3) is 0.667. The minimum absolute atomic E-state index is 0.0122. The number of hydrogen-bond donors (Lipinski definition) is 1. The van der Waals surface area contributed by atoms with Crippen LogP contribution in [-0.4, -0.2) is 40.4 Å². The predicted molar refractivity (Wildman–Crippen MR) is 98.1 cm³/mol. The number of rotatable bonds is 11. The molecule has 0 spiro atoms. The van der Waals surface area contributed by atoms with Gasteiger partial charge in [-0.1, -0.05) is 26.8 Å². The lowest BCUT2D eigenvalue weighted by molar-refractivity contribution is 0.0720. The molecular formula is C18H28F3NO4S. The maximum absolute atomic E-state index is 13.6. The van der Waals surface area contributed by atoms with Crippen molar-refractivity contribution in [2.24, 2.45) is 5.41 Å². The van der Waals surface area contributed by atoms with Gasteiger partial charge >= 0.3 is 0 Å². The van der Waals surface area contributed by atoms with Crippen molar-refractivity contribution in [3.63, 3.8) is 0 Å². The maximum atomic E-state index is 13.6. The summed E-state index contributed by atoms with van der Waals surface area (Å²) in [7, 11) is -3.58. The largest absolute Gasteiger partial charge is 0.485 e. The van der Waals surface area contributed by atoms with Crippen LogP contribution in [0.4, 0.5) is 13.2 Å². The van der Waals surface area contributed by atoms with E-state index >= 15 is 0 Å². The van der Waals surface area contributed by atoms with Crippen molar-refractivity contribution in [2.75, 3.05) is 25.6 Å². The predicted octanol–water partition coefficient (Wildman–Crippen LogP) is 3.90. The Labute approximate surface area is 159 Å². The highest BCUT2D eigenvalue weighted by atomic mass is 32.2. The molecular weight excluding hydrogens is 383 g/mol. The summed E-state index contributed by atoms with van der Waals surface area (Å²) in [5, 5.41) is 0. The summed E-state index contributed by atoms with van der Waals surface area (Å²) in [6, 6.07) is 2.99. The summed E-state index contributed by atoms with van der Waals surface area (Å²) in [5.74, 6) is -1.24. The van der Waals surface area contributed by atoms with Gasteiger partial charge in [0.15, 0.2) is 11.6 Å². The minimum Gasteiger partial charge on any atom is -0.485 e. The Bertz CT molecular complexity index is 690. The van der Waals surface area contributed by atoms with E-state index < -0.39 is 34.9 Å². The van der Waals surface area contributed by atoms with Crippen LogP contribution in [0, 0.1) is 11.2 Å². The first kappa shape index (κ1) is 23.7. The molecule has 5 nitrogen and oxygen atoms in total. The van der Waals surface area contributed by atoms with Crippen LogP contribution in [0.15, 0.2) is 18.2 Å². The first-order chi connectivity index (χ1) is 12.4. The third-order valence-electron chi connectivity index (χ3n) is 3.41. The molecule has 0 radical (unpaired) electrons. The topological polar surface area (TPSA) is 64.6 Å². The van der Waals surface area contributed by atoms with Gasteiger partial charge < -0.3 is 9.47 Å². The molecule has 0 bridgehead atoms. The van der Waals surface area contributed by atoms with Crippen LogP contribution in [-0.2, 0) is 14.8 Å². The van der Waals surface area contributed by atoms with Crippen LogP contribution >= 0.6 is 0 Å². The van der Waals surface area contributed by atoms with Gasteiger partial charge in [-0.3, -0.25) is 0 Å². The fourth-order valence-corrected chi connectivity index (χ4v) is 3.47. The second kappa shape index (κ2) is 10.3. The number of hydrogen-bond acceptors (Lipinski definition) is 4. The molecule has 0 aliphatic rings. The summed E-state index contributed by atoms with van der Waals surface area (Å²) in [6.07, 6.45) is -2.39. The van der Waals surface area contributed by atoms with Gasteiger partial charge in [0.1, 0.15) is 6.61 Å². The lowest BCUT2D eigenvalue weighted by Crippen LogP contribution is -2.29. The lowest BCUT2D eigenvalue weighted by Gasteiger charge is -2.18. The Morgan fingerprint density at radius 2 is 1.89 bits per heavy atom. The molecule has 9 heteroatoms. The van der Waals surface area contributed by atoms with Crippen molar-refractivity contribution in [1.29, 1.82) is 0 Å². The summed E-state index contributed by atoms with van der Waals surface area (Å²) in [6.45, 7) is 7.58. The molecule has 156 valence electrons. The monoisotopic (exact) mass is 411 g/mol. The smallest absolute Gasteiger partial charge is 0.272 e. The third kappa shape index (κ3) is 9.97. The normalized spacial score (nSPS) is 13.8. The Morgan fingerprint density at radius 3 is 2.48 bits per heavy atom. The second-order valence-corrected chi connectivity index (χ2v) is 9.39. The molecule has 1 rings (SSSR count). The van der Waals surface area contributed by atoms with Crippen molar-refractivity contribution in [3.05, 3.63) is 29.6 Å². The number of alkyl halides is 2. The second-order valence-electron chi connectivity index (χ2n) is 7.52. The fourth-order valence-electron chi connectivity index (χ4n) is 2.18. The molecule has 0 heterocycles. The van der Waals surface area contributed by atoms with Gasteiger partial charge in [-0.15, -0.1) is 0 Å². The SMILES string of the molecule is C[C@@H](NS(=O)(=O)CCCOCC(C)(C)C)c1ccc(F)c(OCC(F)F)c1. The molecule has 0 aromatic heterocycles. The summed E-state index contributed by atoms with van der Waals surface area (Å²) in [4.78, 5) is 0. The number of sulfonamides is 1. The van der Waals surface area contributed by atoms with E-state index in [2.05, 4.69) is 4.72 Å². The maximum Gasteiger partial charge on any atom is 0.272 e. The Balaban J connectivity index is 2.58. The highest BCUT2D eigenvalue weighted by Gasteiger charge is 2.18. The number of nitrogens with one attached hydrogen (secondary N) is 1. The first-order valence-electron chi connectivity index (χ1n) is 8.68. The third-order valence-corrected chi connectivity index (χ3v) is 4.95. The standard InChI is InChI=1S/C18H28F3NO4S/c1-13(14-6-7-15(19)16(10-14)26-11-17(20)21)22-27(23,24)9-5-8-25-12-18(2,3)4/h6-7,10,13,17,22H,5,8-9,11-12H2,1-4H3/t13-/m1/s1. The van der Waals surface area contributed by atoms with E-state index in [-0.39, 0.29) is 16.9 Å². The van der Waals surface area contributed by atoms with Crippen molar-refractivity contribution >= 4 is 10.0 Å². The van der Waals surface area contributed by atoms with Gasteiger partial charge in [0.25, 0.3) is 6.43 Å². The van der Waals surface area contributed by atoms with Crippen LogP contribution in [0.25, 0.3) is 0 Å². The highest BCUT2D eigenvalue weighted by molar-refractivity contribution is 7.89. The average molecular weight is 411 g/mol. The van der Waals surface area contributed by atoms with Gasteiger partial charge in [0.05, 0.1) is 12.4 Å².